The molecule has 1 aliphatic rings. The summed E-state index contributed by atoms with van der Waals surface area (Å²) < 4.78 is 0. The summed E-state index contributed by atoms with van der Waals surface area (Å²) in [4.78, 5) is 2.59. The summed E-state index contributed by atoms with van der Waals surface area (Å²) in [6, 6.07) is 7.61. The highest BCUT2D eigenvalue weighted by atomic mass is 15.2. The summed E-state index contributed by atoms with van der Waals surface area (Å²) in [5.74, 6) is 0.867. The van der Waals surface area contributed by atoms with Gasteiger partial charge in [0.05, 0.1) is 0 Å². The molecule has 2 unspecified atom stereocenters. The van der Waals surface area contributed by atoms with Crippen LogP contribution in [0, 0.1) is 12.8 Å². The van der Waals surface area contributed by atoms with Crippen LogP contribution in [-0.2, 0) is 6.54 Å². The molecule has 0 aromatic heterocycles. The van der Waals surface area contributed by atoms with E-state index in [1.54, 1.807) is 0 Å². The molecule has 1 aromatic carbocycles. The van der Waals surface area contributed by atoms with Gasteiger partial charge >= 0.3 is 0 Å². The molecule has 0 spiro atoms. The lowest BCUT2D eigenvalue weighted by Gasteiger charge is -2.39. The molecule has 0 radical (unpaired) electrons. The molecule has 2 rings (SSSR count). The predicted molar refractivity (Wildman–Crippen MR) is 93.0 cm³/mol. The summed E-state index contributed by atoms with van der Waals surface area (Å²) >= 11 is 0. The quantitative estimate of drug-likeness (QED) is 0.880. The lowest BCUT2D eigenvalue weighted by Crippen LogP contribution is -2.40. The van der Waals surface area contributed by atoms with E-state index in [1.807, 2.05) is 0 Å². The molecule has 0 aliphatic carbocycles. The Balaban J connectivity index is 2.09. The number of benzene rings is 1. The monoisotopic (exact) mass is 288 g/mol. The van der Waals surface area contributed by atoms with Gasteiger partial charge in [0.15, 0.2) is 0 Å². The van der Waals surface area contributed by atoms with Crippen molar-refractivity contribution in [1.29, 1.82) is 0 Å². The Morgan fingerprint density at radius 2 is 1.95 bits per heavy atom. The van der Waals surface area contributed by atoms with Gasteiger partial charge in [-0.05, 0) is 70.6 Å². The van der Waals surface area contributed by atoms with Gasteiger partial charge in [-0.3, -0.25) is 0 Å². The molecule has 2 heteroatoms. The van der Waals surface area contributed by atoms with E-state index in [1.165, 1.54) is 36.2 Å². The molecule has 1 heterocycles. The maximum Gasteiger partial charge on any atom is 0.0398 e. The van der Waals surface area contributed by atoms with Gasteiger partial charge in [-0.15, -0.1) is 0 Å². The first-order chi connectivity index (χ1) is 9.76. The first kappa shape index (κ1) is 16.4. The van der Waals surface area contributed by atoms with E-state index in [0.717, 1.165) is 12.5 Å². The van der Waals surface area contributed by atoms with Crippen LogP contribution in [0.2, 0.25) is 0 Å². The van der Waals surface area contributed by atoms with Crippen molar-refractivity contribution in [3.05, 3.63) is 29.3 Å². The van der Waals surface area contributed by atoms with Crippen LogP contribution in [0.4, 0.5) is 5.69 Å². The minimum absolute atomic E-state index is 0.171. The van der Waals surface area contributed by atoms with E-state index in [9.17, 15) is 0 Å². The van der Waals surface area contributed by atoms with Crippen LogP contribution in [0.1, 0.15) is 58.6 Å². The third-order valence-corrected chi connectivity index (χ3v) is 4.53. The molecule has 1 aliphatic heterocycles. The van der Waals surface area contributed by atoms with Crippen molar-refractivity contribution < 1.29 is 0 Å². The maximum atomic E-state index is 3.57. The molecule has 1 fully saturated rings. The SMILES string of the molecule is Cc1cc(CNC(C)(C)C)ccc1N1CCC(C)CC1C. The molecule has 0 saturated carbocycles. The third-order valence-electron chi connectivity index (χ3n) is 4.53. The zero-order valence-corrected chi connectivity index (χ0v) is 14.7. The largest absolute Gasteiger partial charge is 0.369 e. The van der Waals surface area contributed by atoms with E-state index in [2.05, 4.69) is 70.0 Å². The molecule has 1 aromatic rings. The van der Waals surface area contributed by atoms with Crippen molar-refractivity contribution in [2.24, 2.45) is 5.92 Å². The van der Waals surface area contributed by atoms with Crippen LogP contribution in [0.25, 0.3) is 0 Å². The Labute approximate surface area is 130 Å². The van der Waals surface area contributed by atoms with Gasteiger partial charge in [-0.25, -0.2) is 0 Å². The smallest absolute Gasteiger partial charge is 0.0398 e. The van der Waals surface area contributed by atoms with E-state index >= 15 is 0 Å². The number of piperidine rings is 1. The first-order valence-electron chi connectivity index (χ1n) is 8.37. The number of aryl methyl sites for hydroxylation is 1. The highest BCUT2D eigenvalue weighted by Gasteiger charge is 2.24. The highest BCUT2D eigenvalue weighted by molar-refractivity contribution is 5.55. The predicted octanol–water partition coefficient (Wildman–Crippen LogP) is 4.51. The van der Waals surface area contributed by atoms with Crippen LogP contribution in [0.3, 0.4) is 0 Å². The lowest BCUT2D eigenvalue weighted by atomic mass is 9.92. The summed E-state index contributed by atoms with van der Waals surface area (Å²) in [5.41, 5.74) is 4.38. The molecule has 1 N–H and O–H groups in total. The van der Waals surface area contributed by atoms with Gasteiger partial charge in [0.25, 0.3) is 0 Å². The van der Waals surface area contributed by atoms with Crippen molar-refractivity contribution in [2.45, 2.75) is 72.5 Å². The average molecular weight is 288 g/mol. The Kier molecular flexibility index (Phi) is 4.98. The zero-order chi connectivity index (χ0) is 15.6. The summed E-state index contributed by atoms with van der Waals surface area (Å²) in [5, 5.41) is 3.57. The molecule has 118 valence electrons. The van der Waals surface area contributed by atoms with Gasteiger partial charge in [-0.1, -0.05) is 19.1 Å². The van der Waals surface area contributed by atoms with Crippen LogP contribution in [-0.4, -0.2) is 18.1 Å². The van der Waals surface area contributed by atoms with Crippen LogP contribution < -0.4 is 10.2 Å². The third kappa shape index (κ3) is 4.47. The number of rotatable bonds is 3. The molecule has 0 amide bonds. The van der Waals surface area contributed by atoms with Gasteiger partial charge < -0.3 is 10.2 Å². The molecular weight excluding hydrogens is 256 g/mol. The van der Waals surface area contributed by atoms with Crippen molar-refractivity contribution in [2.75, 3.05) is 11.4 Å². The fourth-order valence-corrected chi connectivity index (χ4v) is 3.28. The molecule has 0 bridgehead atoms. The fraction of sp³-hybridized carbons (Fsp3) is 0.684. The topological polar surface area (TPSA) is 15.3 Å². The van der Waals surface area contributed by atoms with Crippen molar-refractivity contribution in [3.63, 3.8) is 0 Å². The van der Waals surface area contributed by atoms with E-state index in [-0.39, 0.29) is 5.54 Å². The van der Waals surface area contributed by atoms with E-state index in [0.29, 0.717) is 6.04 Å². The number of nitrogens with zero attached hydrogens (tertiary/aromatic N) is 1. The Morgan fingerprint density at radius 1 is 1.24 bits per heavy atom. The van der Waals surface area contributed by atoms with E-state index in [4.69, 9.17) is 0 Å². The minimum Gasteiger partial charge on any atom is -0.369 e. The lowest BCUT2D eigenvalue weighted by molar-refractivity contribution is 0.377. The maximum absolute atomic E-state index is 3.57. The Bertz CT molecular complexity index is 473. The molecule has 21 heavy (non-hydrogen) atoms. The van der Waals surface area contributed by atoms with Crippen molar-refractivity contribution in [3.8, 4) is 0 Å². The highest BCUT2D eigenvalue weighted by Crippen LogP contribution is 2.30. The molecule has 2 atom stereocenters. The second-order valence-corrected chi connectivity index (χ2v) is 7.90. The van der Waals surface area contributed by atoms with Crippen molar-refractivity contribution >= 4 is 5.69 Å². The van der Waals surface area contributed by atoms with Gasteiger partial charge in [0.1, 0.15) is 0 Å². The van der Waals surface area contributed by atoms with Crippen LogP contribution in [0.5, 0.6) is 0 Å². The molecule has 1 saturated heterocycles. The van der Waals surface area contributed by atoms with Gasteiger partial charge in [0, 0.05) is 30.4 Å². The van der Waals surface area contributed by atoms with Crippen LogP contribution >= 0.6 is 0 Å². The standard InChI is InChI=1S/C19H32N2/c1-14-9-10-21(16(3)11-14)18-8-7-17(12-15(18)2)13-20-19(4,5)6/h7-8,12,14,16,20H,9-11,13H2,1-6H3. The van der Waals surface area contributed by atoms with E-state index < -0.39 is 0 Å². The number of anilines is 1. The Morgan fingerprint density at radius 3 is 2.52 bits per heavy atom. The summed E-state index contributed by atoms with van der Waals surface area (Å²) in [6.45, 7) is 15.8. The fourth-order valence-electron chi connectivity index (χ4n) is 3.28. The summed E-state index contributed by atoms with van der Waals surface area (Å²) in [6.07, 6.45) is 2.63. The second-order valence-electron chi connectivity index (χ2n) is 7.90. The summed E-state index contributed by atoms with van der Waals surface area (Å²) in [7, 11) is 0. The van der Waals surface area contributed by atoms with Gasteiger partial charge in [-0.2, -0.15) is 0 Å². The zero-order valence-electron chi connectivity index (χ0n) is 14.7. The second kappa shape index (κ2) is 6.39. The number of hydrogen-bond donors (Lipinski definition) is 1. The van der Waals surface area contributed by atoms with Crippen LogP contribution in [0.15, 0.2) is 18.2 Å². The average Bonchev–Trinajstić information content (AvgIpc) is 2.37. The number of nitrogens with one attached hydrogen (secondary N) is 1. The van der Waals surface area contributed by atoms with Crippen molar-refractivity contribution in [1.82, 2.24) is 5.32 Å². The minimum atomic E-state index is 0.171. The number of hydrogen-bond acceptors (Lipinski definition) is 2. The van der Waals surface area contributed by atoms with Gasteiger partial charge in [0.2, 0.25) is 0 Å². The Hall–Kier alpha value is -1.02. The molecular formula is C19H32N2. The first-order valence-corrected chi connectivity index (χ1v) is 8.37. The molecule has 2 nitrogen and oxygen atoms in total. The normalized spacial score (nSPS) is 23.4.